The molecule has 0 radical (unpaired) electrons. The number of carbonyl (C=O) groups is 1. The Labute approximate surface area is 122 Å². The lowest BCUT2D eigenvalue weighted by molar-refractivity contribution is -0.122. The lowest BCUT2D eigenvalue weighted by Gasteiger charge is -2.16. The zero-order valence-corrected chi connectivity index (χ0v) is 12.2. The zero-order chi connectivity index (χ0) is 15.2. The molecule has 0 fully saturated rings. The molecular formula is C14H21N5O2. The zero-order valence-electron chi connectivity index (χ0n) is 12.2. The van der Waals surface area contributed by atoms with E-state index in [1.807, 2.05) is 0 Å². The average molecular weight is 291 g/mol. The first kappa shape index (κ1) is 15.2. The van der Waals surface area contributed by atoms with E-state index in [1.54, 1.807) is 24.4 Å². The van der Waals surface area contributed by atoms with Crippen molar-refractivity contribution >= 4 is 11.6 Å². The van der Waals surface area contributed by atoms with Crippen LogP contribution in [0.4, 0.5) is 0 Å². The molecular weight excluding hydrogens is 270 g/mol. The number of hydrogen-bond acceptors (Lipinski definition) is 4. The highest BCUT2D eigenvalue weighted by atomic mass is 16.2. The lowest BCUT2D eigenvalue weighted by Crippen LogP contribution is -2.42. The van der Waals surface area contributed by atoms with Crippen LogP contribution < -0.4 is 16.7 Å². The number of nitrogens with one attached hydrogen (secondary N) is 1. The SMILES string of the molecule is CCCCC(CN)NC(=O)Cn1nc2ccccn2c1=O. The van der Waals surface area contributed by atoms with Gasteiger partial charge in [-0.05, 0) is 18.6 Å². The molecule has 1 unspecified atom stereocenters. The van der Waals surface area contributed by atoms with E-state index in [-0.39, 0.29) is 24.2 Å². The van der Waals surface area contributed by atoms with Gasteiger partial charge in [0, 0.05) is 18.8 Å². The van der Waals surface area contributed by atoms with Crippen molar-refractivity contribution in [3.63, 3.8) is 0 Å². The van der Waals surface area contributed by atoms with Crippen molar-refractivity contribution < 1.29 is 4.79 Å². The number of aromatic nitrogens is 3. The van der Waals surface area contributed by atoms with Crippen molar-refractivity contribution in [2.45, 2.75) is 38.8 Å². The average Bonchev–Trinajstić information content (AvgIpc) is 2.80. The van der Waals surface area contributed by atoms with Crippen LogP contribution >= 0.6 is 0 Å². The molecule has 1 atom stereocenters. The smallest absolute Gasteiger partial charge is 0.350 e. The summed E-state index contributed by atoms with van der Waals surface area (Å²) >= 11 is 0. The van der Waals surface area contributed by atoms with Gasteiger partial charge >= 0.3 is 5.69 Å². The molecule has 0 aliphatic heterocycles. The first-order valence-corrected chi connectivity index (χ1v) is 7.19. The van der Waals surface area contributed by atoms with Gasteiger partial charge in [-0.25, -0.2) is 9.48 Å². The van der Waals surface area contributed by atoms with Gasteiger partial charge in [0.15, 0.2) is 5.65 Å². The second-order valence-electron chi connectivity index (χ2n) is 5.01. The molecule has 0 aliphatic rings. The van der Waals surface area contributed by atoms with Crippen LogP contribution in [0.1, 0.15) is 26.2 Å². The molecule has 2 heterocycles. The number of fused-ring (bicyclic) bond motifs is 1. The Balaban J connectivity index is 2.04. The van der Waals surface area contributed by atoms with Gasteiger partial charge in [-0.15, -0.1) is 5.10 Å². The van der Waals surface area contributed by atoms with Crippen molar-refractivity contribution in [3.8, 4) is 0 Å². The van der Waals surface area contributed by atoms with E-state index in [0.717, 1.165) is 23.9 Å². The van der Waals surface area contributed by atoms with Gasteiger partial charge in [-0.3, -0.25) is 9.20 Å². The molecule has 0 bridgehead atoms. The summed E-state index contributed by atoms with van der Waals surface area (Å²) in [6, 6.07) is 5.21. The van der Waals surface area contributed by atoms with Gasteiger partial charge in [-0.2, -0.15) is 0 Å². The fraction of sp³-hybridized carbons (Fsp3) is 0.500. The van der Waals surface area contributed by atoms with E-state index in [0.29, 0.717) is 12.2 Å². The maximum absolute atomic E-state index is 12.1. The summed E-state index contributed by atoms with van der Waals surface area (Å²) < 4.78 is 2.57. The van der Waals surface area contributed by atoms with Crippen molar-refractivity contribution in [2.75, 3.05) is 6.54 Å². The van der Waals surface area contributed by atoms with E-state index in [2.05, 4.69) is 17.3 Å². The Morgan fingerprint density at radius 3 is 2.95 bits per heavy atom. The predicted octanol–water partition coefficient (Wildman–Crippen LogP) is 0.130. The minimum atomic E-state index is -0.321. The third-order valence-electron chi connectivity index (χ3n) is 3.34. The van der Waals surface area contributed by atoms with Gasteiger partial charge in [0.1, 0.15) is 6.54 Å². The highest BCUT2D eigenvalue weighted by Gasteiger charge is 2.13. The van der Waals surface area contributed by atoms with Crippen molar-refractivity contribution in [1.82, 2.24) is 19.5 Å². The normalized spacial score (nSPS) is 12.5. The molecule has 0 aliphatic carbocycles. The Kier molecular flexibility index (Phi) is 5.10. The second-order valence-corrected chi connectivity index (χ2v) is 5.01. The van der Waals surface area contributed by atoms with Crippen molar-refractivity contribution in [2.24, 2.45) is 5.73 Å². The first-order valence-electron chi connectivity index (χ1n) is 7.19. The van der Waals surface area contributed by atoms with Gasteiger partial charge in [0.05, 0.1) is 0 Å². The summed E-state index contributed by atoms with van der Waals surface area (Å²) in [7, 11) is 0. The van der Waals surface area contributed by atoms with Crippen LogP contribution in [0.3, 0.4) is 0 Å². The van der Waals surface area contributed by atoms with E-state index in [4.69, 9.17) is 5.73 Å². The molecule has 2 aromatic heterocycles. The van der Waals surface area contributed by atoms with Crippen LogP contribution in [0.15, 0.2) is 29.2 Å². The highest BCUT2D eigenvalue weighted by Crippen LogP contribution is 1.99. The number of hydrogen-bond donors (Lipinski definition) is 2. The molecule has 0 aromatic carbocycles. The lowest BCUT2D eigenvalue weighted by atomic mass is 10.1. The summed E-state index contributed by atoms with van der Waals surface area (Å²) in [4.78, 5) is 24.0. The summed E-state index contributed by atoms with van der Waals surface area (Å²) in [5.41, 5.74) is 5.85. The fourth-order valence-corrected chi connectivity index (χ4v) is 2.18. The topological polar surface area (TPSA) is 94.4 Å². The van der Waals surface area contributed by atoms with Crippen molar-refractivity contribution in [1.29, 1.82) is 0 Å². The van der Waals surface area contributed by atoms with E-state index < -0.39 is 0 Å². The molecule has 7 heteroatoms. The Morgan fingerprint density at radius 1 is 1.48 bits per heavy atom. The predicted molar refractivity (Wildman–Crippen MR) is 80.0 cm³/mol. The molecule has 2 rings (SSSR count). The molecule has 2 aromatic rings. The molecule has 21 heavy (non-hydrogen) atoms. The largest absolute Gasteiger partial charge is 0.350 e. The van der Waals surface area contributed by atoms with Crippen LogP contribution in [0.5, 0.6) is 0 Å². The van der Waals surface area contributed by atoms with Gasteiger partial charge in [-0.1, -0.05) is 25.8 Å². The van der Waals surface area contributed by atoms with Crippen LogP contribution in [0, 0.1) is 0 Å². The Hall–Kier alpha value is -2.15. The van der Waals surface area contributed by atoms with Gasteiger partial charge in [0.25, 0.3) is 0 Å². The van der Waals surface area contributed by atoms with Crippen molar-refractivity contribution in [3.05, 3.63) is 34.9 Å². The quantitative estimate of drug-likeness (QED) is 0.758. The molecule has 0 spiro atoms. The molecule has 7 nitrogen and oxygen atoms in total. The Bertz CT molecular complexity index is 661. The summed E-state index contributed by atoms with van der Waals surface area (Å²) in [6.45, 7) is 2.39. The standard InChI is InChI=1S/C14H21N5O2/c1-2-3-6-11(9-15)16-13(20)10-19-14(21)18-8-5-4-7-12(18)17-19/h4-5,7-8,11H,2-3,6,9-10,15H2,1H3,(H,16,20). The number of unbranched alkanes of at least 4 members (excludes halogenated alkanes) is 1. The van der Waals surface area contributed by atoms with E-state index >= 15 is 0 Å². The van der Waals surface area contributed by atoms with Crippen LogP contribution in [-0.2, 0) is 11.3 Å². The van der Waals surface area contributed by atoms with E-state index in [1.165, 1.54) is 4.40 Å². The second kappa shape index (κ2) is 7.03. The molecule has 0 saturated heterocycles. The number of pyridine rings is 1. The molecule has 0 saturated carbocycles. The molecule has 1 amide bonds. The number of nitrogens with zero attached hydrogens (tertiary/aromatic N) is 3. The summed E-state index contributed by atoms with van der Waals surface area (Å²) in [5, 5.41) is 6.97. The maximum Gasteiger partial charge on any atom is 0.350 e. The molecule has 114 valence electrons. The van der Waals surface area contributed by atoms with E-state index in [9.17, 15) is 9.59 Å². The monoisotopic (exact) mass is 291 g/mol. The third kappa shape index (κ3) is 3.69. The summed E-state index contributed by atoms with van der Waals surface area (Å²) in [6.07, 6.45) is 4.54. The Morgan fingerprint density at radius 2 is 2.29 bits per heavy atom. The molecule has 3 N–H and O–H groups in total. The number of nitrogens with two attached hydrogens (primary N) is 1. The first-order chi connectivity index (χ1) is 10.2. The van der Waals surface area contributed by atoms with Gasteiger partial charge < -0.3 is 11.1 Å². The van der Waals surface area contributed by atoms with Crippen LogP contribution in [0.25, 0.3) is 5.65 Å². The van der Waals surface area contributed by atoms with Gasteiger partial charge in [0.2, 0.25) is 5.91 Å². The number of carbonyl (C=O) groups excluding carboxylic acids is 1. The fourth-order valence-electron chi connectivity index (χ4n) is 2.18. The minimum absolute atomic E-state index is 0.0508. The van der Waals surface area contributed by atoms with Crippen LogP contribution in [0.2, 0.25) is 0 Å². The number of amides is 1. The number of rotatable bonds is 7. The minimum Gasteiger partial charge on any atom is -0.350 e. The summed E-state index contributed by atoms with van der Waals surface area (Å²) in [5.74, 6) is -0.243. The third-order valence-corrected chi connectivity index (χ3v) is 3.34. The maximum atomic E-state index is 12.1. The highest BCUT2D eigenvalue weighted by molar-refractivity contribution is 5.76. The van der Waals surface area contributed by atoms with Crippen LogP contribution in [-0.4, -0.2) is 32.7 Å².